The Labute approximate surface area is 101 Å². The van der Waals surface area contributed by atoms with Crippen molar-refractivity contribution in [2.75, 3.05) is 0 Å². The molecule has 4 heteroatoms. The Morgan fingerprint density at radius 3 is 1.25 bits per heavy atom. The van der Waals surface area contributed by atoms with E-state index in [1.165, 1.54) is 0 Å². The van der Waals surface area contributed by atoms with Gasteiger partial charge < -0.3 is 0 Å². The maximum absolute atomic E-state index is 4.88. The molecule has 0 rings (SSSR count). The van der Waals surface area contributed by atoms with Crippen LogP contribution in [0.25, 0.3) is 0 Å². The van der Waals surface area contributed by atoms with E-state index in [-0.39, 0.29) is 68.9 Å². The monoisotopic (exact) mass is 398 g/mol. The van der Waals surface area contributed by atoms with Crippen LogP contribution in [-0.2, 0) is 16.5 Å². The molecule has 0 aliphatic carbocycles. The first-order valence-electron chi connectivity index (χ1n) is 0.239. The maximum atomic E-state index is 4.88. The maximum Gasteiger partial charge on any atom is 0 e. The van der Waals surface area contributed by atoms with E-state index in [0.29, 0.717) is 0 Å². The molecule has 0 N–H and O–H groups in total. The molecule has 0 aromatic heterocycles. The van der Waals surface area contributed by atoms with E-state index in [4.69, 9.17) is 18.8 Å². The van der Waals surface area contributed by atoms with Gasteiger partial charge in [-0.1, -0.05) is 0 Å². The van der Waals surface area contributed by atoms with Crippen molar-refractivity contribution in [1.82, 2.24) is 0 Å². The van der Waals surface area contributed by atoms with Gasteiger partial charge >= 0.3 is 35.3 Å². The molecule has 0 unspecified atom stereocenters. The summed E-state index contributed by atoms with van der Waals surface area (Å²) >= 11 is -0.472. The minimum Gasteiger partial charge on any atom is 0 e. The van der Waals surface area contributed by atoms with Crippen molar-refractivity contribution >= 4 is 87.7 Å². The van der Waals surface area contributed by atoms with Crippen LogP contribution in [0.1, 0.15) is 0 Å². The van der Waals surface area contributed by atoms with Gasteiger partial charge in [0.25, 0.3) is 0 Å². The zero-order valence-electron chi connectivity index (χ0n) is 2.07. The van der Waals surface area contributed by atoms with E-state index in [1.807, 2.05) is 0 Å². The largest absolute Gasteiger partial charge is 0 e. The van der Waals surface area contributed by atoms with Gasteiger partial charge in [-0.05, 0) is 0 Å². The molecule has 0 spiro atoms. The Morgan fingerprint density at radius 1 is 1.25 bits per heavy atom. The number of hydrogen-bond donors (Lipinski definition) is 0. The fraction of sp³-hybridized carbons (Fsp3) is 0. The second-order valence-electron chi connectivity index (χ2n) is 0.0452. The van der Waals surface area contributed by atoms with Gasteiger partial charge in [-0.15, -0.1) is 0 Å². The third-order valence-corrected chi connectivity index (χ3v) is 0. The van der Waals surface area contributed by atoms with Crippen molar-refractivity contribution in [3.63, 3.8) is 0 Å². The van der Waals surface area contributed by atoms with Crippen molar-refractivity contribution in [2.45, 2.75) is 0 Å². The molecule has 25 valence electrons. The molecule has 0 heterocycles. The summed E-state index contributed by atoms with van der Waals surface area (Å²) < 4.78 is 0. The first-order valence-corrected chi connectivity index (χ1v) is 5.87. The van der Waals surface area contributed by atoms with Crippen molar-refractivity contribution in [3.8, 4) is 0 Å². The molecule has 0 amide bonds. The van der Waals surface area contributed by atoms with Crippen LogP contribution >= 0.6 is 18.8 Å². The van der Waals surface area contributed by atoms with E-state index in [0.717, 1.165) is 0 Å². The molecule has 0 aromatic rings. The zero-order valence-corrected chi connectivity index (χ0v) is 12.1. The Morgan fingerprint density at radius 2 is 1.25 bits per heavy atom. The Balaban J connectivity index is 0. The van der Waals surface area contributed by atoms with Crippen LogP contribution in [0.3, 0.4) is 0 Å². The van der Waals surface area contributed by atoms with Gasteiger partial charge in [0.05, 0.1) is 0 Å². The SMILES string of the molecule is [Cl][Pt][Cl].[Cs]. The first kappa shape index (κ1) is 10.3. The Kier molecular flexibility index (Phi) is 24.8. The van der Waals surface area contributed by atoms with Crippen LogP contribution in [0, 0.1) is 0 Å². The van der Waals surface area contributed by atoms with Gasteiger partial charge in [-0.25, -0.2) is 0 Å². The summed E-state index contributed by atoms with van der Waals surface area (Å²) in [4.78, 5) is 0. The Bertz CT molecular complexity index is 6.00. The van der Waals surface area contributed by atoms with Crippen LogP contribution in [0.5, 0.6) is 0 Å². The van der Waals surface area contributed by atoms with Crippen LogP contribution in [0.4, 0.5) is 0 Å². The topological polar surface area (TPSA) is 0 Å². The van der Waals surface area contributed by atoms with E-state index in [2.05, 4.69) is 0 Å². The number of rotatable bonds is 0. The van der Waals surface area contributed by atoms with Crippen LogP contribution in [0.15, 0.2) is 0 Å². The van der Waals surface area contributed by atoms with Gasteiger partial charge in [-0.2, -0.15) is 0 Å². The van der Waals surface area contributed by atoms with Crippen molar-refractivity contribution in [2.24, 2.45) is 0 Å². The predicted molar refractivity (Wildman–Crippen MR) is 17.5 cm³/mol. The van der Waals surface area contributed by atoms with E-state index < -0.39 is 16.5 Å². The fourth-order valence-electron chi connectivity index (χ4n) is 0. The number of hydrogen-bond acceptors (Lipinski definition) is 0. The van der Waals surface area contributed by atoms with Crippen LogP contribution in [-0.4, -0.2) is 68.9 Å². The number of halogens is 2. The molecule has 0 atom stereocenters. The van der Waals surface area contributed by atoms with Crippen LogP contribution in [0.2, 0.25) is 0 Å². The summed E-state index contributed by atoms with van der Waals surface area (Å²) in [5, 5.41) is 0. The zero-order chi connectivity index (χ0) is 2.71. The summed E-state index contributed by atoms with van der Waals surface area (Å²) in [6.07, 6.45) is 0. The molecular formula is Cl2CsPt. The van der Waals surface area contributed by atoms with Gasteiger partial charge in [0.1, 0.15) is 0 Å². The summed E-state index contributed by atoms with van der Waals surface area (Å²) in [6.45, 7) is 0. The molecule has 0 aromatic carbocycles. The van der Waals surface area contributed by atoms with E-state index in [9.17, 15) is 0 Å². The summed E-state index contributed by atoms with van der Waals surface area (Å²) in [6, 6.07) is 0. The average molecular weight is 399 g/mol. The quantitative estimate of drug-likeness (QED) is 0.571. The summed E-state index contributed by atoms with van der Waals surface area (Å²) in [5.41, 5.74) is 0. The second-order valence-corrected chi connectivity index (χ2v) is 3.33. The average Bonchev–Trinajstić information content (AvgIpc) is 0.918. The summed E-state index contributed by atoms with van der Waals surface area (Å²) in [7, 11) is 9.75. The normalized spacial score (nSPS) is 5.50. The molecule has 0 bridgehead atoms. The molecule has 0 saturated heterocycles. The second kappa shape index (κ2) is 9.58. The van der Waals surface area contributed by atoms with Gasteiger partial charge in [0.15, 0.2) is 0 Å². The summed E-state index contributed by atoms with van der Waals surface area (Å²) in [5.74, 6) is 0. The molecule has 0 fully saturated rings. The smallest absolute Gasteiger partial charge is 0 e. The fourth-order valence-corrected chi connectivity index (χ4v) is 0. The molecule has 0 aliphatic rings. The Hall–Kier alpha value is 3.32. The van der Waals surface area contributed by atoms with Crippen molar-refractivity contribution in [1.29, 1.82) is 0 Å². The molecular weight excluding hydrogens is 399 g/mol. The van der Waals surface area contributed by atoms with E-state index >= 15 is 0 Å². The molecule has 4 heavy (non-hydrogen) atoms. The third kappa shape index (κ3) is 9.01. The van der Waals surface area contributed by atoms with Crippen molar-refractivity contribution in [3.05, 3.63) is 0 Å². The molecule has 0 aliphatic heterocycles. The minimum atomic E-state index is -0.472. The van der Waals surface area contributed by atoms with Gasteiger partial charge in [0, 0.05) is 68.9 Å². The first-order chi connectivity index (χ1) is 1.41. The van der Waals surface area contributed by atoms with Gasteiger partial charge in [-0.3, -0.25) is 0 Å². The van der Waals surface area contributed by atoms with Crippen LogP contribution < -0.4 is 0 Å². The standard InChI is InChI=1S/2ClH.Cs.Pt/h2*1H;;/q;;;+2/p-2. The minimum absolute atomic E-state index is 0. The molecule has 0 nitrogen and oxygen atoms in total. The van der Waals surface area contributed by atoms with E-state index in [1.54, 1.807) is 0 Å². The molecule has 1 radical (unpaired) electrons. The predicted octanol–water partition coefficient (Wildman–Crippen LogP) is 0.996. The van der Waals surface area contributed by atoms with Gasteiger partial charge in [0.2, 0.25) is 0 Å². The molecule has 0 saturated carbocycles. The van der Waals surface area contributed by atoms with Crippen molar-refractivity contribution < 1.29 is 16.5 Å². The third-order valence-electron chi connectivity index (χ3n) is 0.